The third-order valence-electron chi connectivity index (χ3n) is 3.11. The van der Waals surface area contributed by atoms with Gasteiger partial charge in [-0.15, -0.1) is 0 Å². The van der Waals surface area contributed by atoms with Crippen LogP contribution >= 0.6 is 0 Å². The van der Waals surface area contributed by atoms with Gasteiger partial charge in [-0.2, -0.15) is 0 Å². The van der Waals surface area contributed by atoms with Gasteiger partial charge in [0.2, 0.25) is 0 Å². The zero-order valence-electron chi connectivity index (χ0n) is 11.7. The van der Waals surface area contributed by atoms with Gasteiger partial charge in [0.1, 0.15) is 5.75 Å². The predicted molar refractivity (Wildman–Crippen MR) is 75.2 cm³/mol. The molecule has 1 unspecified atom stereocenters. The summed E-state index contributed by atoms with van der Waals surface area (Å²) in [7, 11) is 3.37. The lowest BCUT2D eigenvalue weighted by Crippen LogP contribution is -2.38. The number of hydrogen-bond acceptors (Lipinski definition) is 5. The molecule has 1 aromatic carbocycles. The molecule has 0 aliphatic heterocycles. The van der Waals surface area contributed by atoms with Crippen molar-refractivity contribution in [3.8, 4) is 5.75 Å². The van der Waals surface area contributed by atoms with Gasteiger partial charge in [0.25, 0.3) is 0 Å². The SMILES string of the molecule is COCCN(CCOC)C(CN)c1ccc(O)cc1. The van der Waals surface area contributed by atoms with Crippen LogP contribution in [0.5, 0.6) is 5.75 Å². The van der Waals surface area contributed by atoms with Gasteiger partial charge >= 0.3 is 0 Å². The smallest absolute Gasteiger partial charge is 0.115 e. The summed E-state index contributed by atoms with van der Waals surface area (Å²) in [5, 5.41) is 9.35. The average Bonchev–Trinajstić information content (AvgIpc) is 2.43. The van der Waals surface area contributed by atoms with Gasteiger partial charge in [-0.05, 0) is 17.7 Å². The van der Waals surface area contributed by atoms with Gasteiger partial charge in [0.05, 0.1) is 13.2 Å². The first-order chi connectivity index (χ1) is 9.22. The fourth-order valence-electron chi connectivity index (χ4n) is 2.03. The minimum Gasteiger partial charge on any atom is -0.508 e. The Morgan fingerprint density at radius 3 is 2.05 bits per heavy atom. The number of aromatic hydroxyl groups is 1. The maximum atomic E-state index is 9.35. The Labute approximate surface area is 114 Å². The van der Waals surface area contributed by atoms with Crippen LogP contribution < -0.4 is 5.73 Å². The van der Waals surface area contributed by atoms with Gasteiger partial charge in [-0.3, -0.25) is 4.90 Å². The van der Waals surface area contributed by atoms with E-state index in [0.717, 1.165) is 18.7 Å². The van der Waals surface area contributed by atoms with Gasteiger partial charge in [-0.1, -0.05) is 12.1 Å². The molecule has 1 aromatic rings. The number of nitrogens with two attached hydrogens (primary N) is 1. The molecule has 0 saturated heterocycles. The van der Waals surface area contributed by atoms with Crippen LogP contribution in [0.2, 0.25) is 0 Å². The number of rotatable bonds is 9. The Morgan fingerprint density at radius 1 is 1.11 bits per heavy atom. The molecule has 0 aromatic heterocycles. The van der Waals surface area contributed by atoms with E-state index in [1.165, 1.54) is 0 Å². The summed E-state index contributed by atoms with van der Waals surface area (Å²) in [5.41, 5.74) is 6.99. The van der Waals surface area contributed by atoms with E-state index in [0.29, 0.717) is 19.8 Å². The molecule has 1 atom stereocenters. The van der Waals surface area contributed by atoms with E-state index in [1.54, 1.807) is 26.4 Å². The quantitative estimate of drug-likeness (QED) is 0.699. The molecule has 0 aliphatic carbocycles. The first kappa shape index (κ1) is 15.9. The molecule has 0 fully saturated rings. The molecule has 0 amide bonds. The van der Waals surface area contributed by atoms with Crippen molar-refractivity contribution in [3.05, 3.63) is 29.8 Å². The van der Waals surface area contributed by atoms with E-state index in [-0.39, 0.29) is 11.8 Å². The van der Waals surface area contributed by atoms with Crippen LogP contribution in [-0.2, 0) is 9.47 Å². The number of benzene rings is 1. The summed E-state index contributed by atoms with van der Waals surface area (Å²) in [4.78, 5) is 2.24. The fourth-order valence-corrected chi connectivity index (χ4v) is 2.03. The lowest BCUT2D eigenvalue weighted by molar-refractivity contribution is 0.0891. The number of ether oxygens (including phenoxy) is 2. The zero-order chi connectivity index (χ0) is 14.1. The third-order valence-corrected chi connectivity index (χ3v) is 3.11. The number of phenols is 1. The number of methoxy groups -OCH3 is 2. The largest absolute Gasteiger partial charge is 0.508 e. The molecule has 0 heterocycles. The average molecular weight is 268 g/mol. The van der Waals surface area contributed by atoms with E-state index in [1.807, 2.05) is 12.1 Å². The van der Waals surface area contributed by atoms with Crippen molar-refractivity contribution >= 4 is 0 Å². The molecule has 0 saturated carbocycles. The van der Waals surface area contributed by atoms with Crippen molar-refractivity contribution in [1.82, 2.24) is 4.90 Å². The molecule has 0 spiro atoms. The first-order valence-corrected chi connectivity index (χ1v) is 6.43. The van der Waals surface area contributed by atoms with Crippen LogP contribution in [0.25, 0.3) is 0 Å². The van der Waals surface area contributed by atoms with Crippen LogP contribution in [0, 0.1) is 0 Å². The first-order valence-electron chi connectivity index (χ1n) is 6.43. The van der Waals surface area contributed by atoms with Gasteiger partial charge in [0.15, 0.2) is 0 Å². The summed E-state index contributed by atoms with van der Waals surface area (Å²) in [6, 6.07) is 7.27. The molecular weight excluding hydrogens is 244 g/mol. The lowest BCUT2D eigenvalue weighted by Gasteiger charge is -2.30. The Balaban J connectivity index is 2.78. The van der Waals surface area contributed by atoms with Crippen molar-refractivity contribution in [2.24, 2.45) is 5.73 Å². The highest BCUT2D eigenvalue weighted by molar-refractivity contribution is 5.28. The maximum absolute atomic E-state index is 9.35. The summed E-state index contributed by atoms with van der Waals surface area (Å²) >= 11 is 0. The second-order valence-corrected chi connectivity index (χ2v) is 4.36. The van der Waals surface area contributed by atoms with E-state index in [2.05, 4.69) is 4.90 Å². The van der Waals surface area contributed by atoms with Crippen LogP contribution in [-0.4, -0.2) is 57.1 Å². The van der Waals surface area contributed by atoms with E-state index in [4.69, 9.17) is 15.2 Å². The van der Waals surface area contributed by atoms with Gasteiger partial charge < -0.3 is 20.3 Å². The Hall–Kier alpha value is -1.14. The topological polar surface area (TPSA) is 68.0 Å². The Morgan fingerprint density at radius 2 is 1.63 bits per heavy atom. The highest BCUT2D eigenvalue weighted by atomic mass is 16.5. The molecule has 5 nitrogen and oxygen atoms in total. The molecule has 3 N–H and O–H groups in total. The molecule has 0 bridgehead atoms. The van der Waals surface area contributed by atoms with Gasteiger partial charge in [-0.25, -0.2) is 0 Å². The monoisotopic (exact) mass is 268 g/mol. The molecule has 108 valence electrons. The summed E-state index contributed by atoms with van der Waals surface area (Å²) in [6.07, 6.45) is 0. The molecule has 5 heteroatoms. The summed E-state index contributed by atoms with van der Waals surface area (Å²) in [5.74, 6) is 0.264. The minimum absolute atomic E-state index is 0.103. The number of nitrogens with zero attached hydrogens (tertiary/aromatic N) is 1. The Bertz CT molecular complexity index is 335. The highest BCUT2D eigenvalue weighted by Gasteiger charge is 2.18. The van der Waals surface area contributed by atoms with Crippen LogP contribution in [0.1, 0.15) is 11.6 Å². The Kier molecular flexibility index (Phi) is 7.43. The summed E-state index contributed by atoms with van der Waals surface area (Å²) in [6.45, 7) is 3.40. The van der Waals surface area contributed by atoms with Crippen molar-refractivity contribution in [2.45, 2.75) is 6.04 Å². The summed E-state index contributed by atoms with van der Waals surface area (Å²) < 4.78 is 10.3. The van der Waals surface area contributed by atoms with Crippen molar-refractivity contribution < 1.29 is 14.6 Å². The van der Waals surface area contributed by atoms with Crippen LogP contribution in [0.4, 0.5) is 0 Å². The normalized spacial score (nSPS) is 12.8. The second-order valence-electron chi connectivity index (χ2n) is 4.36. The van der Waals surface area contributed by atoms with E-state index >= 15 is 0 Å². The molecular formula is C14H24N2O3. The zero-order valence-corrected chi connectivity index (χ0v) is 11.7. The minimum atomic E-state index is 0.103. The number of phenolic OH excluding ortho intramolecular Hbond substituents is 1. The van der Waals surface area contributed by atoms with Crippen LogP contribution in [0.15, 0.2) is 24.3 Å². The third kappa shape index (κ3) is 5.16. The van der Waals surface area contributed by atoms with E-state index in [9.17, 15) is 5.11 Å². The van der Waals surface area contributed by atoms with Crippen molar-refractivity contribution in [2.75, 3.05) is 47.1 Å². The lowest BCUT2D eigenvalue weighted by atomic mass is 10.1. The molecule has 1 rings (SSSR count). The number of hydrogen-bond donors (Lipinski definition) is 2. The molecule has 0 aliphatic rings. The molecule has 19 heavy (non-hydrogen) atoms. The van der Waals surface area contributed by atoms with E-state index < -0.39 is 0 Å². The van der Waals surface area contributed by atoms with Crippen molar-refractivity contribution in [1.29, 1.82) is 0 Å². The van der Waals surface area contributed by atoms with Crippen molar-refractivity contribution in [3.63, 3.8) is 0 Å². The maximum Gasteiger partial charge on any atom is 0.115 e. The second kappa shape index (κ2) is 8.87. The highest BCUT2D eigenvalue weighted by Crippen LogP contribution is 2.21. The predicted octanol–water partition coefficient (Wildman–Crippen LogP) is 0.987. The fraction of sp³-hybridized carbons (Fsp3) is 0.571. The van der Waals surface area contributed by atoms with Crippen LogP contribution in [0.3, 0.4) is 0 Å². The standard InChI is InChI=1S/C14H24N2O3/c1-18-9-7-16(8-10-19-2)14(11-15)12-3-5-13(17)6-4-12/h3-6,14,17H,7-11,15H2,1-2H3. The molecule has 0 radical (unpaired) electrons. The van der Waals surface area contributed by atoms with Gasteiger partial charge in [0, 0.05) is 39.9 Å².